The largest absolute Gasteiger partial charge is 0.492 e. The maximum atomic E-state index is 12.9. The summed E-state index contributed by atoms with van der Waals surface area (Å²) in [5.74, 6) is 0.288. The number of nitrogens with one attached hydrogen (secondary N) is 1. The molecule has 1 fully saturated rings. The van der Waals surface area contributed by atoms with Crippen molar-refractivity contribution in [3.05, 3.63) is 60.2 Å². The topological polar surface area (TPSA) is 54.5 Å². The number of amides is 2. The maximum absolute atomic E-state index is 12.9. The lowest BCUT2D eigenvalue weighted by molar-refractivity contribution is 0.148. The number of hydrogen-bond acceptors (Lipinski definition) is 3. The van der Waals surface area contributed by atoms with Crippen molar-refractivity contribution in [3.63, 3.8) is 0 Å². The Kier molecular flexibility index (Phi) is 7.02. The molecule has 1 aromatic heterocycles. The molecule has 0 aliphatic heterocycles. The summed E-state index contributed by atoms with van der Waals surface area (Å²) in [7, 11) is 0. The molecule has 1 aliphatic rings. The van der Waals surface area contributed by atoms with Crippen LogP contribution in [-0.2, 0) is 6.54 Å². The van der Waals surface area contributed by atoms with Gasteiger partial charge in [-0.05, 0) is 49.2 Å². The van der Waals surface area contributed by atoms with Crippen LogP contribution >= 0.6 is 0 Å². The lowest BCUT2D eigenvalue weighted by atomic mass is 9.94. The van der Waals surface area contributed by atoms with Gasteiger partial charge >= 0.3 is 6.03 Å². The summed E-state index contributed by atoms with van der Waals surface area (Å²) < 4.78 is 18.4. The van der Waals surface area contributed by atoms with Crippen molar-refractivity contribution in [2.45, 2.75) is 44.7 Å². The van der Waals surface area contributed by atoms with Gasteiger partial charge in [-0.3, -0.25) is 4.98 Å². The van der Waals surface area contributed by atoms with E-state index in [1.165, 1.54) is 18.6 Å². The quantitative estimate of drug-likeness (QED) is 0.744. The number of halogens is 1. The summed E-state index contributed by atoms with van der Waals surface area (Å²) in [4.78, 5) is 19.0. The van der Waals surface area contributed by atoms with E-state index in [1.54, 1.807) is 18.3 Å². The Morgan fingerprint density at radius 3 is 2.63 bits per heavy atom. The van der Waals surface area contributed by atoms with E-state index in [1.807, 2.05) is 23.1 Å². The molecule has 1 heterocycles. The SMILES string of the molecule is O=C(NCCOc1ccc(F)cc1)N(Cc1ccccn1)C1CCCCC1. The summed E-state index contributed by atoms with van der Waals surface area (Å²) >= 11 is 0. The number of carbonyl (C=O) groups excluding carboxylic acids is 1. The minimum Gasteiger partial charge on any atom is -0.492 e. The van der Waals surface area contributed by atoms with Crippen molar-refractivity contribution < 1.29 is 13.9 Å². The highest BCUT2D eigenvalue weighted by Gasteiger charge is 2.25. The molecule has 27 heavy (non-hydrogen) atoms. The van der Waals surface area contributed by atoms with Gasteiger partial charge in [0.25, 0.3) is 0 Å². The van der Waals surface area contributed by atoms with Crippen LogP contribution in [0.25, 0.3) is 0 Å². The van der Waals surface area contributed by atoms with Gasteiger partial charge in [0.1, 0.15) is 18.2 Å². The zero-order valence-corrected chi connectivity index (χ0v) is 15.4. The molecule has 1 aromatic carbocycles. The van der Waals surface area contributed by atoms with Gasteiger partial charge in [-0.2, -0.15) is 0 Å². The summed E-state index contributed by atoms with van der Waals surface area (Å²) in [6.45, 7) is 1.23. The van der Waals surface area contributed by atoms with Crippen LogP contribution in [0.15, 0.2) is 48.7 Å². The molecule has 0 bridgehead atoms. The van der Waals surface area contributed by atoms with Crippen LogP contribution in [0.2, 0.25) is 0 Å². The van der Waals surface area contributed by atoms with Crippen molar-refractivity contribution in [3.8, 4) is 5.75 Å². The van der Waals surface area contributed by atoms with E-state index in [9.17, 15) is 9.18 Å². The number of benzene rings is 1. The fourth-order valence-corrected chi connectivity index (χ4v) is 3.38. The Bertz CT molecular complexity index is 703. The second kappa shape index (κ2) is 9.90. The third-order valence-corrected chi connectivity index (χ3v) is 4.80. The molecule has 0 radical (unpaired) electrons. The van der Waals surface area contributed by atoms with E-state index in [0.29, 0.717) is 25.4 Å². The summed E-state index contributed by atoms with van der Waals surface area (Å²) in [6, 6.07) is 11.8. The van der Waals surface area contributed by atoms with Gasteiger partial charge in [0, 0.05) is 12.2 Å². The lowest BCUT2D eigenvalue weighted by Crippen LogP contribution is -2.47. The minimum atomic E-state index is -0.298. The number of aromatic nitrogens is 1. The highest BCUT2D eigenvalue weighted by atomic mass is 19.1. The predicted molar refractivity (Wildman–Crippen MR) is 102 cm³/mol. The van der Waals surface area contributed by atoms with Crippen LogP contribution in [0.3, 0.4) is 0 Å². The molecule has 3 rings (SSSR count). The Morgan fingerprint density at radius 1 is 1.15 bits per heavy atom. The van der Waals surface area contributed by atoms with Gasteiger partial charge in [-0.25, -0.2) is 9.18 Å². The standard InChI is InChI=1S/C21H26FN3O2/c22-17-9-11-20(12-10-17)27-15-14-24-21(26)25(19-7-2-1-3-8-19)16-18-6-4-5-13-23-18/h4-6,9-13,19H,1-3,7-8,14-16H2,(H,24,26). The minimum absolute atomic E-state index is 0.0877. The van der Waals surface area contributed by atoms with E-state index < -0.39 is 0 Å². The first kappa shape index (κ1) is 19.1. The van der Waals surface area contributed by atoms with Crippen molar-refractivity contribution in [1.29, 1.82) is 0 Å². The number of nitrogens with zero attached hydrogens (tertiary/aromatic N) is 2. The van der Waals surface area contributed by atoms with E-state index in [4.69, 9.17) is 4.74 Å². The fraction of sp³-hybridized carbons (Fsp3) is 0.429. The second-order valence-corrected chi connectivity index (χ2v) is 6.78. The molecule has 0 saturated heterocycles. The maximum Gasteiger partial charge on any atom is 0.318 e. The van der Waals surface area contributed by atoms with Crippen molar-refractivity contribution in [2.75, 3.05) is 13.2 Å². The number of rotatable bonds is 7. The van der Waals surface area contributed by atoms with E-state index >= 15 is 0 Å². The number of pyridine rings is 1. The second-order valence-electron chi connectivity index (χ2n) is 6.78. The highest BCUT2D eigenvalue weighted by molar-refractivity contribution is 5.74. The average molecular weight is 371 g/mol. The van der Waals surface area contributed by atoms with Gasteiger partial charge in [-0.1, -0.05) is 25.3 Å². The fourth-order valence-electron chi connectivity index (χ4n) is 3.38. The Hall–Kier alpha value is -2.63. The first-order valence-electron chi connectivity index (χ1n) is 9.55. The third-order valence-electron chi connectivity index (χ3n) is 4.80. The Morgan fingerprint density at radius 2 is 1.93 bits per heavy atom. The number of carbonyl (C=O) groups is 1. The monoisotopic (exact) mass is 371 g/mol. The van der Waals surface area contributed by atoms with Crippen LogP contribution in [0.1, 0.15) is 37.8 Å². The van der Waals surface area contributed by atoms with Gasteiger partial charge in [0.05, 0.1) is 18.8 Å². The molecular weight excluding hydrogens is 345 g/mol. The summed E-state index contributed by atoms with van der Waals surface area (Å²) in [6.07, 6.45) is 7.37. The molecule has 0 spiro atoms. The predicted octanol–water partition coefficient (Wildman–Crippen LogP) is 4.14. The van der Waals surface area contributed by atoms with Gasteiger partial charge in [-0.15, -0.1) is 0 Å². The Balaban J connectivity index is 1.52. The molecule has 1 saturated carbocycles. The molecule has 1 N–H and O–H groups in total. The van der Waals surface area contributed by atoms with Gasteiger partial charge in [0.15, 0.2) is 0 Å². The smallest absolute Gasteiger partial charge is 0.318 e. The van der Waals surface area contributed by atoms with Crippen LogP contribution in [0.5, 0.6) is 5.75 Å². The van der Waals surface area contributed by atoms with Gasteiger partial charge < -0.3 is 15.0 Å². The van der Waals surface area contributed by atoms with Crippen LogP contribution in [0, 0.1) is 5.82 Å². The summed E-state index contributed by atoms with van der Waals surface area (Å²) in [5, 5.41) is 2.94. The highest BCUT2D eigenvalue weighted by Crippen LogP contribution is 2.24. The number of urea groups is 1. The molecule has 6 heteroatoms. The van der Waals surface area contributed by atoms with E-state index in [2.05, 4.69) is 10.3 Å². The zero-order valence-electron chi connectivity index (χ0n) is 15.4. The number of ether oxygens (including phenoxy) is 1. The molecule has 2 amide bonds. The first-order chi connectivity index (χ1) is 13.2. The van der Waals surface area contributed by atoms with Crippen molar-refractivity contribution in [1.82, 2.24) is 15.2 Å². The molecule has 0 unspecified atom stereocenters. The van der Waals surface area contributed by atoms with Crippen molar-refractivity contribution in [2.24, 2.45) is 0 Å². The Labute approximate surface area is 159 Å². The molecule has 0 atom stereocenters. The zero-order chi connectivity index (χ0) is 18.9. The lowest BCUT2D eigenvalue weighted by Gasteiger charge is -2.34. The molecule has 5 nitrogen and oxygen atoms in total. The van der Waals surface area contributed by atoms with E-state index in [-0.39, 0.29) is 17.9 Å². The third kappa shape index (κ3) is 5.94. The number of hydrogen-bond donors (Lipinski definition) is 1. The normalized spacial score (nSPS) is 14.6. The van der Waals surface area contributed by atoms with E-state index in [0.717, 1.165) is 31.4 Å². The van der Waals surface area contributed by atoms with Crippen LogP contribution < -0.4 is 10.1 Å². The van der Waals surface area contributed by atoms with Crippen molar-refractivity contribution >= 4 is 6.03 Å². The molecule has 1 aliphatic carbocycles. The first-order valence-corrected chi connectivity index (χ1v) is 9.55. The van der Waals surface area contributed by atoms with Gasteiger partial charge in [0.2, 0.25) is 0 Å². The molecule has 2 aromatic rings. The average Bonchev–Trinajstić information content (AvgIpc) is 2.72. The molecular formula is C21H26FN3O2. The van der Waals surface area contributed by atoms with Crippen LogP contribution in [0.4, 0.5) is 9.18 Å². The summed E-state index contributed by atoms with van der Waals surface area (Å²) in [5.41, 5.74) is 0.890. The molecule has 144 valence electrons. The van der Waals surface area contributed by atoms with Crippen LogP contribution in [-0.4, -0.2) is 35.1 Å².